The Hall–Kier alpha value is -12.2. The molecule has 128 heavy (non-hydrogen) atoms. The van der Waals surface area contributed by atoms with Gasteiger partial charge < -0.3 is 133 Å². The molecule has 0 aliphatic carbocycles. The fourth-order valence-corrected chi connectivity index (χ4v) is 14.3. The summed E-state index contributed by atoms with van der Waals surface area (Å²) in [7, 11) is 0. The van der Waals surface area contributed by atoms with E-state index >= 15 is 9.59 Å². The number of para-hydroxylation sites is 2. The molecule has 0 aliphatic rings. The van der Waals surface area contributed by atoms with E-state index in [-0.39, 0.29) is 107 Å². The number of aromatic hydroxyl groups is 2. The average Bonchev–Trinajstić information content (AvgIpc) is 1.65. The number of thioether (sulfide) groups is 1. The summed E-state index contributed by atoms with van der Waals surface area (Å²) >= 11 is 9.84. The summed E-state index contributed by atoms with van der Waals surface area (Å²) in [6.07, 6.45) is 2.69. The molecule has 30 N–H and O–H groups in total. The third-order valence-corrected chi connectivity index (χ3v) is 21.7. The number of hydrogen-bond acceptors (Lipinski definition) is 25. The average molecular weight is 1840 g/mol. The minimum Gasteiger partial charge on any atom is -0.508 e. The topological polar surface area (TPSA) is 680 Å². The second kappa shape index (κ2) is 54.1. The normalized spacial score (nSPS) is 14.3. The number of phenolic OH excluding ortho intramolecular Hbond substituents is 2. The second-order valence-corrected chi connectivity index (χ2v) is 32.7. The minimum absolute atomic E-state index is 0.0150. The van der Waals surface area contributed by atoms with E-state index in [4.69, 9.17) is 38.8 Å². The van der Waals surface area contributed by atoms with Crippen LogP contribution in [0.2, 0.25) is 0 Å². The van der Waals surface area contributed by atoms with Crippen LogP contribution in [-0.4, -0.2) is 261 Å². The predicted molar refractivity (Wildman–Crippen MR) is 485 cm³/mol. The number of guanidine groups is 1. The Labute approximate surface area is 754 Å². The van der Waals surface area contributed by atoms with Crippen LogP contribution in [0.15, 0.2) is 109 Å². The van der Waals surface area contributed by atoms with Crippen molar-refractivity contribution in [3.05, 3.63) is 132 Å². The number of benzene rings is 4. The Bertz CT molecular complexity index is 4750. The maximum atomic E-state index is 15.3. The van der Waals surface area contributed by atoms with Crippen LogP contribution < -0.4 is 103 Å². The van der Waals surface area contributed by atoms with Gasteiger partial charge in [-0.1, -0.05) is 74.5 Å². The van der Waals surface area contributed by atoms with Crippen molar-refractivity contribution in [3.63, 3.8) is 0 Å². The number of unbranched alkanes of at least 4 members (excludes halogenated alkanes) is 1. The maximum absolute atomic E-state index is 15.3. The SMILES string of the molecule is CSCC[C@H](NC(=O)[C@@H](N)CS)C(=O)N[C@H](C(=O)N[C@@H](Cc1c[nH]c2ccccc12)C(=O)N[C@@H](CCC(N)=O)C(=O)N[C@@H](CS)C(=O)N[C@@H](Cc1ccc(O)cc1)C(=O)N[C@@H](Cc1c[nH]c2ccccc12)C(=O)N[C@@H](CC(C)C)C(=O)N[C@@H](Cc1ccc(O)cc1)C(=O)NCC(=O)N[C@@H](CCCNC(=N)N)C(=O)NCCOCC(=O)N[C@H](CCCCN)C(N)=O)[C@@H](C)O. The number of aliphatic hydroxyl groups is 1. The molecule has 15 amide bonds. The highest BCUT2D eigenvalue weighted by molar-refractivity contribution is 7.98. The Morgan fingerprint density at radius 3 is 1.42 bits per heavy atom. The number of nitrogens with one attached hydrogen (secondary N) is 17. The first-order chi connectivity index (χ1) is 61.0. The number of aliphatic hydroxyl groups excluding tert-OH is 1. The molecule has 698 valence electrons. The van der Waals surface area contributed by atoms with Gasteiger partial charge in [-0.15, -0.1) is 0 Å². The molecule has 0 bridgehead atoms. The Balaban J connectivity index is 1.24. The van der Waals surface area contributed by atoms with Crippen LogP contribution in [0.25, 0.3) is 21.8 Å². The quantitative estimate of drug-likeness (QED) is 0.00760. The van der Waals surface area contributed by atoms with E-state index in [1.807, 2.05) is 0 Å². The number of amides is 15. The largest absolute Gasteiger partial charge is 0.508 e. The van der Waals surface area contributed by atoms with Gasteiger partial charge in [0.2, 0.25) is 88.6 Å². The number of fused-ring (bicyclic) bond motifs is 2. The highest BCUT2D eigenvalue weighted by Crippen LogP contribution is 2.23. The molecule has 6 aromatic rings. The highest BCUT2D eigenvalue weighted by atomic mass is 32.2. The number of ether oxygens (including phenoxy) is 1. The van der Waals surface area contributed by atoms with E-state index in [1.165, 1.54) is 67.2 Å². The molecule has 4 aromatic carbocycles. The third kappa shape index (κ3) is 35.5. The van der Waals surface area contributed by atoms with Crippen molar-refractivity contribution in [1.82, 2.24) is 84.4 Å². The van der Waals surface area contributed by atoms with Crippen molar-refractivity contribution in [1.29, 1.82) is 5.41 Å². The van der Waals surface area contributed by atoms with E-state index in [1.54, 1.807) is 81.0 Å². The summed E-state index contributed by atoms with van der Waals surface area (Å²) in [6, 6.07) is 7.55. The molecular weight excluding hydrogens is 1720 g/mol. The molecular formula is C84H120N22O19S3. The van der Waals surface area contributed by atoms with Gasteiger partial charge in [0.25, 0.3) is 0 Å². The van der Waals surface area contributed by atoms with Crippen LogP contribution in [-0.2, 0) is 102 Å². The van der Waals surface area contributed by atoms with Crippen LogP contribution in [0.4, 0.5) is 0 Å². The lowest BCUT2D eigenvalue weighted by Gasteiger charge is -2.29. The number of aromatic amines is 2. The Morgan fingerprint density at radius 1 is 0.469 bits per heavy atom. The van der Waals surface area contributed by atoms with Crippen molar-refractivity contribution in [2.75, 3.05) is 62.9 Å². The van der Waals surface area contributed by atoms with Crippen LogP contribution in [0, 0.1) is 11.3 Å². The number of carbonyl (C=O) groups is 15. The van der Waals surface area contributed by atoms with E-state index in [9.17, 15) is 77.6 Å². The number of H-pyrrole nitrogens is 2. The van der Waals surface area contributed by atoms with Gasteiger partial charge >= 0.3 is 0 Å². The van der Waals surface area contributed by atoms with Gasteiger partial charge in [0.1, 0.15) is 84.6 Å². The second-order valence-electron chi connectivity index (χ2n) is 30.9. The highest BCUT2D eigenvalue weighted by Gasteiger charge is 2.39. The fourth-order valence-electron chi connectivity index (χ4n) is 13.4. The van der Waals surface area contributed by atoms with Crippen LogP contribution in [0.3, 0.4) is 0 Å². The number of rotatable bonds is 57. The van der Waals surface area contributed by atoms with E-state index in [0.717, 1.165) is 0 Å². The molecule has 2 heterocycles. The summed E-state index contributed by atoms with van der Waals surface area (Å²) in [6.45, 7) is 3.62. The van der Waals surface area contributed by atoms with Gasteiger partial charge in [-0.05, 0) is 141 Å². The lowest BCUT2D eigenvalue weighted by atomic mass is 9.99. The first-order valence-corrected chi connectivity index (χ1v) is 44.3. The summed E-state index contributed by atoms with van der Waals surface area (Å²) in [4.78, 5) is 217. The molecule has 41 nitrogen and oxygen atoms in total. The maximum Gasteiger partial charge on any atom is 0.246 e. The molecule has 0 aliphatic heterocycles. The van der Waals surface area contributed by atoms with Crippen LogP contribution in [0.1, 0.15) is 101 Å². The molecule has 0 fully saturated rings. The fraction of sp³-hybridized carbons (Fsp3) is 0.476. The molecule has 0 saturated heterocycles. The summed E-state index contributed by atoms with van der Waals surface area (Å²) < 4.78 is 5.41. The molecule has 0 unspecified atom stereocenters. The minimum atomic E-state index is -1.76. The van der Waals surface area contributed by atoms with E-state index < -0.39 is 199 Å². The van der Waals surface area contributed by atoms with Gasteiger partial charge in [-0.2, -0.15) is 37.0 Å². The van der Waals surface area contributed by atoms with Gasteiger partial charge in [0.15, 0.2) is 5.96 Å². The van der Waals surface area contributed by atoms with Crippen molar-refractivity contribution < 1.29 is 92.0 Å². The number of primary amides is 2. The van der Waals surface area contributed by atoms with Gasteiger partial charge in [0, 0.05) is 90.9 Å². The molecule has 0 radical (unpaired) electrons. The summed E-state index contributed by atoms with van der Waals surface area (Å²) in [5.74, 6) is -14.7. The lowest BCUT2D eigenvalue weighted by molar-refractivity contribution is -0.137. The molecule has 0 saturated carbocycles. The van der Waals surface area contributed by atoms with Crippen molar-refractivity contribution in [2.24, 2.45) is 34.6 Å². The van der Waals surface area contributed by atoms with E-state index in [0.29, 0.717) is 69.2 Å². The smallest absolute Gasteiger partial charge is 0.246 e. The monoisotopic (exact) mass is 1840 g/mol. The standard InChI is InChI=1S/C84H120N22O19S3/c1-45(2)34-62(78(119)101-63(35-47-18-22-51(108)23-19-47)75(116)95-41-69(111)97-59(17-11-30-92-84(89)90)74(115)91-31-32-125-42-70(112)96-58(72(88)113)16-9-10-29-85)100-81(122)65(37-49-39-93-56-14-7-5-12-53(49)56)103-79(120)64(36-48-20-24-52(109)25-21-48)102-82(123)67(44-127)105-76(117)60(26-27-68(87)110)99-80(121)66(38-50-40-94-57-15-8-6-13-54(50)57)104-83(124)71(46(3)107)106-77(118)61(28-33-128-4)98-73(114)55(86)43-126/h5-8,12-15,18-25,39-40,45-46,55,58-67,71,93-94,107-109,126-127H,9-11,16-17,26-38,41-44,85-86H2,1-4H3,(H2,87,110)(H2,88,113)(H,91,115)(H,95,116)(H,96,112)(H,97,111)(H,98,114)(H,99,121)(H,100,122)(H,101,119)(H,102,123)(H,103,120)(H,104,124)(H,105,117)(H,106,118)(H4,89,90,92)/t46-,55+,58-,59+,60+,61+,62+,63+,64+,65+,66+,67+,71+/m1/s1. The Morgan fingerprint density at radius 2 is 0.914 bits per heavy atom. The number of nitrogens with two attached hydrogens (primary N) is 5. The number of phenols is 2. The summed E-state index contributed by atoms with van der Waals surface area (Å²) in [5.41, 5.74) is 30.9. The number of carbonyl (C=O) groups excluding carboxylic acids is 15. The number of thiol groups is 2. The molecule has 6 rings (SSSR count). The van der Waals surface area contributed by atoms with Gasteiger partial charge in [0.05, 0.1) is 25.3 Å². The lowest BCUT2D eigenvalue weighted by Crippen LogP contribution is -2.62. The van der Waals surface area contributed by atoms with Crippen molar-refractivity contribution in [2.45, 2.75) is 183 Å². The van der Waals surface area contributed by atoms with Gasteiger partial charge in [-0.3, -0.25) is 77.3 Å². The van der Waals surface area contributed by atoms with Crippen molar-refractivity contribution >= 4 is 153 Å². The summed E-state index contributed by atoms with van der Waals surface area (Å²) in [5, 5.41) is 76.8. The third-order valence-electron chi connectivity index (χ3n) is 20.3. The zero-order valence-corrected chi connectivity index (χ0v) is 74.2. The number of hydrogen-bond donors (Lipinski definition) is 27. The van der Waals surface area contributed by atoms with Crippen molar-refractivity contribution in [3.8, 4) is 11.5 Å². The first-order valence-electron chi connectivity index (χ1n) is 41.6. The van der Waals surface area contributed by atoms with E-state index in [2.05, 4.69) is 110 Å². The molecule has 2 aromatic heterocycles. The zero-order valence-electron chi connectivity index (χ0n) is 71.6. The molecule has 0 spiro atoms. The molecule has 13 atom stereocenters. The van der Waals surface area contributed by atoms with Gasteiger partial charge in [-0.25, -0.2) is 0 Å². The Kier molecular flexibility index (Phi) is 44.2. The van der Waals surface area contributed by atoms with Crippen LogP contribution in [0.5, 0.6) is 11.5 Å². The van der Waals surface area contributed by atoms with Crippen LogP contribution >= 0.6 is 37.0 Å². The number of aromatic nitrogens is 2. The predicted octanol–water partition coefficient (Wildman–Crippen LogP) is -3.58. The molecule has 44 heteroatoms. The first kappa shape index (κ1) is 105. The zero-order chi connectivity index (χ0) is 94.1.